The first kappa shape index (κ1) is 27.3. The van der Waals surface area contributed by atoms with Crippen molar-refractivity contribution in [1.82, 2.24) is 10.2 Å². The molecule has 0 aliphatic heterocycles. The van der Waals surface area contributed by atoms with E-state index in [2.05, 4.69) is 26.1 Å². The highest BCUT2D eigenvalue weighted by atomic mass is 35.5. The number of nitrogens with zero attached hydrogens (tertiary/aromatic N) is 1. The lowest BCUT2D eigenvalue weighted by Crippen LogP contribution is -2.51. The number of hydrogen-bond donors (Lipinski definition) is 1. The van der Waals surface area contributed by atoms with E-state index in [1.54, 1.807) is 11.0 Å². The zero-order chi connectivity index (χ0) is 26.1. The first-order valence-electron chi connectivity index (χ1n) is 12.3. The van der Waals surface area contributed by atoms with E-state index in [1.165, 1.54) is 0 Å². The number of carbonyl (C=O) groups is 2. The molecule has 1 N–H and O–H groups in total. The first-order valence-corrected chi connectivity index (χ1v) is 12.6. The van der Waals surface area contributed by atoms with Gasteiger partial charge in [-0.15, -0.1) is 0 Å². The van der Waals surface area contributed by atoms with Crippen LogP contribution in [0.2, 0.25) is 5.02 Å². The molecule has 0 aliphatic carbocycles. The molecular weight excluding hydrogens is 472 g/mol. The Balaban J connectivity index is 1.92. The lowest BCUT2D eigenvalue weighted by atomic mass is 9.86. The molecule has 0 unspecified atom stereocenters. The molecule has 0 aromatic heterocycles. The Morgan fingerprint density at radius 2 is 1.61 bits per heavy atom. The van der Waals surface area contributed by atoms with Crippen LogP contribution in [0.1, 0.15) is 44.4 Å². The number of hydrogen-bond acceptors (Lipinski definition) is 3. The topological polar surface area (TPSA) is 58.6 Å². The summed E-state index contributed by atoms with van der Waals surface area (Å²) in [6.07, 6.45) is 0.386. The second-order valence-corrected chi connectivity index (χ2v) is 10.2. The number of amides is 2. The van der Waals surface area contributed by atoms with Crippen LogP contribution in [0, 0.1) is 0 Å². The maximum atomic E-state index is 13.7. The van der Waals surface area contributed by atoms with Gasteiger partial charge in [0.15, 0.2) is 6.61 Å². The standard InChI is InChI=1S/C30H35ClN2O3/c1-5-32-29(35)26(19-22-12-7-6-8-13-22)33(20-23-14-11-15-24(31)18-23)28(34)21-36-27-17-10-9-16-25(27)30(2,3)4/h6-18,26H,5,19-21H2,1-4H3,(H,32,35)/t26-/m1/s1. The monoisotopic (exact) mass is 506 g/mol. The Bertz CT molecular complexity index is 1160. The molecule has 0 radical (unpaired) electrons. The average molecular weight is 507 g/mol. The van der Waals surface area contributed by atoms with E-state index in [4.69, 9.17) is 16.3 Å². The normalized spacial score (nSPS) is 12.0. The summed E-state index contributed by atoms with van der Waals surface area (Å²) >= 11 is 6.22. The van der Waals surface area contributed by atoms with Gasteiger partial charge in [0.1, 0.15) is 11.8 Å². The van der Waals surface area contributed by atoms with Gasteiger partial charge in [-0.05, 0) is 47.2 Å². The number of para-hydroxylation sites is 1. The molecule has 0 heterocycles. The average Bonchev–Trinajstić information content (AvgIpc) is 2.85. The minimum atomic E-state index is -0.708. The number of carbonyl (C=O) groups excluding carboxylic acids is 2. The maximum Gasteiger partial charge on any atom is 0.261 e. The maximum absolute atomic E-state index is 13.7. The van der Waals surface area contributed by atoms with Crippen molar-refractivity contribution in [1.29, 1.82) is 0 Å². The highest BCUT2D eigenvalue weighted by Gasteiger charge is 2.31. The fourth-order valence-corrected chi connectivity index (χ4v) is 4.33. The zero-order valence-electron chi connectivity index (χ0n) is 21.5. The van der Waals surface area contributed by atoms with Crippen LogP contribution >= 0.6 is 11.6 Å². The third-order valence-electron chi connectivity index (χ3n) is 5.91. The van der Waals surface area contributed by atoms with Gasteiger partial charge in [-0.3, -0.25) is 9.59 Å². The molecule has 0 aliphatic rings. The number of rotatable bonds is 10. The van der Waals surface area contributed by atoms with E-state index in [0.717, 1.165) is 16.7 Å². The summed E-state index contributed by atoms with van der Waals surface area (Å²) in [6.45, 7) is 8.71. The highest BCUT2D eigenvalue weighted by Crippen LogP contribution is 2.31. The van der Waals surface area contributed by atoms with Crippen LogP contribution in [-0.4, -0.2) is 35.9 Å². The third-order valence-corrected chi connectivity index (χ3v) is 6.15. The van der Waals surface area contributed by atoms with Gasteiger partial charge in [0.25, 0.3) is 5.91 Å². The molecule has 0 saturated heterocycles. The molecule has 3 rings (SSSR count). The summed E-state index contributed by atoms with van der Waals surface area (Å²) in [5.41, 5.74) is 2.69. The molecule has 0 spiro atoms. The lowest BCUT2D eigenvalue weighted by Gasteiger charge is -2.32. The second kappa shape index (κ2) is 12.6. The summed E-state index contributed by atoms with van der Waals surface area (Å²) in [5.74, 6) is 0.191. The van der Waals surface area contributed by atoms with Gasteiger partial charge in [0, 0.05) is 24.5 Å². The summed E-state index contributed by atoms with van der Waals surface area (Å²) in [6, 6.07) is 24.1. The van der Waals surface area contributed by atoms with Crippen molar-refractivity contribution in [2.24, 2.45) is 0 Å². The quantitative estimate of drug-likeness (QED) is 0.378. The number of ether oxygens (including phenoxy) is 1. The molecular formula is C30H35ClN2O3. The summed E-state index contributed by atoms with van der Waals surface area (Å²) in [7, 11) is 0. The number of benzene rings is 3. The van der Waals surface area contributed by atoms with E-state index in [-0.39, 0.29) is 30.4 Å². The molecule has 5 nitrogen and oxygen atoms in total. The third kappa shape index (κ3) is 7.59. The van der Waals surface area contributed by atoms with Gasteiger partial charge in [0.2, 0.25) is 5.91 Å². The van der Waals surface area contributed by atoms with E-state index in [0.29, 0.717) is 23.7 Å². The molecule has 0 fully saturated rings. The molecule has 190 valence electrons. The Hall–Kier alpha value is -3.31. The van der Waals surface area contributed by atoms with Crippen LogP contribution in [0.4, 0.5) is 0 Å². The van der Waals surface area contributed by atoms with E-state index >= 15 is 0 Å². The number of nitrogens with one attached hydrogen (secondary N) is 1. The minimum Gasteiger partial charge on any atom is -0.483 e. The van der Waals surface area contributed by atoms with Gasteiger partial charge in [-0.25, -0.2) is 0 Å². The van der Waals surface area contributed by atoms with Crippen molar-refractivity contribution in [2.75, 3.05) is 13.2 Å². The molecule has 36 heavy (non-hydrogen) atoms. The van der Waals surface area contributed by atoms with Crippen LogP contribution < -0.4 is 10.1 Å². The van der Waals surface area contributed by atoms with Crippen molar-refractivity contribution in [3.05, 3.63) is 101 Å². The Kier molecular flexibility index (Phi) is 9.54. The van der Waals surface area contributed by atoms with Gasteiger partial charge in [0.05, 0.1) is 0 Å². The highest BCUT2D eigenvalue weighted by molar-refractivity contribution is 6.30. The summed E-state index contributed by atoms with van der Waals surface area (Å²) in [4.78, 5) is 28.5. The first-order chi connectivity index (χ1) is 17.2. The Morgan fingerprint density at radius 1 is 0.944 bits per heavy atom. The van der Waals surface area contributed by atoms with Crippen molar-refractivity contribution in [2.45, 2.75) is 52.1 Å². The van der Waals surface area contributed by atoms with Crippen molar-refractivity contribution < 1.29 is 14.3 Å². The molecule has 6 heteroatoms. The smallest absolute Gasteiger partial charge is 0.261 e. The Morgan fingerprint density at radius 3 is 2.28 bits per heavy atom. The lowest BCUT2D eigenvalue weighted by molar-refractivity contribution is -0.142. The van der Waals surface area contributed by atoms with Crippen LogP contribution in [0.5, 0.6) is 5.75 Å². The molecule has 0 saturated carbocycles. The second-order valence-electron chi connectivity index (χ2n) is 9.79. The van der Waals surface area contributed by atoms with Gasteiger partial charge < -0.3 is 15.0 Å². The predicted octanol–water partition coefficient (Wildman–Crippen LogP) is 5.79. The van der Waals surface area contributed by atoms with Crippen molar-refractivity contribution in [3.8, 4) is 5.75 Å². The Labute approximate surface area is 219 Å². The summed E-state index contributed by atoms with van der Waals surface area (Å²) in [5, 5.41) is 3.48. The van der Waals surface area contributed by atoms with E-state index < -0.39 is 6.04 Å². The van der Waals surface area contributed by atoms with Crippen molar-refractivity contribution >= 4 is 23.4 Å². The summed E-state index contributed by atoms with van der Waals surface area (Å²) < 4.78 is 6.06. The van der Waals surface area contributed by atoms with Gasteiger partial charge in [-0.2, -0.15) is 0 Å². The fourth-order valence-electron chi connectivity index (χ4n) is 4.11. The van der Waals surface area contributed by atoms with Gasteiger partial charge in [-0.1, -0.05) is 93.0 Å². The van der Waals surface area contributed by atoms with Crippen molar-refractivity contribution in [3.63, 3.8) is 0 Å². The largest absolute Gasteiger partial charge is 0.483 e. The van der Waals surface area contributed by atoms with Gasteiger partial charge >= 0.3 is 0 Å². The molecule has 3 aromatic carbocycles. The molecule has 0 bridgehead atoms. The number of halogens is 1. The molecule has 1 atom stereocenters. The van der Waals surface area contributed by atoms with Crippen LogP contribution in [-0.2, 0) is 28.0 Å². The zero-order valence-corrected chi connectivity index (χ0v) is 22.2. The molecule has 2 amide bonds. The van der Waals surface area contributed by atoms with Crippen LogP contribution in [0.3, 0.4) is 0 Å². The van der Waals surface area contributed by atoms with Crippen LogP contribution in [0.25, 0.3) is 0 Å². The SMILES string of the molecule is CCNC(=O)[C@@H](Cc1ccccc1)N(Cc1cccc(Cl)c1)C(=O)COc1ccccc1C(C)(C)C. The fraction of sp³-hybridized carbons (Fsp3) is 0.333. The van der Waals surface area contributed by atoms with E-state index in [1.807, 2.05) is 79.7 Å². The number of likely N-dealkylation sites (N-methyl/N-ethyl adjacent to an activating group) is 1. The van der Waals surface area contributed by atoms with E-state index in [9.17, 15) is 9.59 Å². The molecule has 3 aromatic rings. The van der Waals surface area contributed by atoms with Crippen LogP contribution in [0.15, 0.2) is 78.9 Å². The minimum absolute atomic E-state index is 0.142. The predicted molar refractivity (Wildman–Crippen MR) is 145 cm³/mol.